The average molecular weight is 364 g/mol. The van der Waals surface area contributed by atoms with Gasteiger partial charge in [-0.25, -0.2) is 0 Å². The molecule has 146 valence electrons. The van der Waals surface area contributed by atoms with E-state index >= 15 is 0 Å². The molecule has 0 aromatic heterocycles. The molecular weight excluding hydrogens is 327 g/mol. The van der Waals surface area contributed by atoms with Crippen molar-refractivity contribution in [2.45, 2.75) is 95.2 Å². The Morgan fingerprint density at radius 3 is 2.00 bits per heavy atom. The molecule has 0 amide bonds. The van der Waals surface area contributed by atoms with E-state index in [-0.39, 0.29) is 0 Å². The maximum atomic E-state index is 6.17. The van der Waals surface area contributed by atoms with E-state index in [0.717, 1.165) is 30.1 Å². The van der Waals surface area contributed by atoms with Crippen molar-refractivity contribution in [2.24, 2.45) is 17.8 Å². The van der Waals surface area contributed by atoms with Crippen LogP contribution in [-0.2, 0) is 0 Å². The summed E-state index contributed by atoms with van der Waals surface area (Å²) >= 11 is 0. The molecular formula is C25H37BO. The van der Waals surface area contributed by atoms with Crippen molar-refractivity contribution < 1.29 is 4.74 Å². The lowest BCUT2D eigenvalue weighted by Gasteiger charge is -2.35. The number of hydrogen-bond donors (Lipinski definition) is 0. The summed E-state index contributed by atoms with van der Waals surface area (Å²) in [5.41, 5.74) is 1.47. The van der Waals surface area contributed by atoms with Gasteiger partial charge in [0.1, 0.15) is 5.75 Å². The van der Waals surface area contributed by atoms with Crippen LogP contribution in [0.2, 0.25) is 5.82 Å². The molecule has 2 radical (unpaired) electrons. The molecule has 1 aromatic carbocycles. The molecule has 0 heterocycles. The fourth-order valence-corrected chi connectivity index (χ4v) is 5.93. The third-order valence-corrected chi connectivity index (χ3v) is 7.82. The lowest BCUT2D eigenvalue weighted by molar-refractivity contribution is 0.135. The second-order valence-electron chi connectivity index (χ2n) is 9.67. The van der Waals surface area contributed by atoms with E-state index in [1.165, 1.54) is 89.0 Å². The first-order chi connectivity index (χ1) is 13.3. The van der Waals surface area contributed by atoms with Crippen LogP contribution in [0.4, 0.5) is 0 Å². The minimum atomic E-state index is 0.428. The summed E-state index contributed by atoms with van der Waals surface area (Å²) in [6.45, 7) is 0.912. The molecule has 1 aromatic rings. The molecule has 27 heavy (non-hydrogen) atoms. The number of hydrogen-bond acceptors (Lipinski definition) is 1. The Morgan fingerprint density at radius 1 is 0.704 bits per heavy atom. The summed E-state index contributed by atoms with van der Waals surface area (Å²) in [6.07, 6.45) is 17.9. The first-order valence-corrected chi connectivity index (χ1v) is 11.8. The molecule has 0 atom stereocenters. The largest absolute Gasteiger partial charge is 0.493 e. The van der Waals surface area contributed by atoms with E-state index in [9.17, 15) is 0 Å². The van der Waals surface area contributed by atoms with Crippen LogP contribution in [-0.4, -0.2) is 14.5 Å². The maximum absolute atomic E-state index is 6.17. The van der Waals surface area contributed by atoms with Gasteiger partial charge >= 0.3 is 0 Å². The molecule has 3 aliphatic rings. The highest BCUT2D eigenvalue weighted by Crippen LogP contribution is 2.40. The van der Waals surface area contributed by atoms with Crippen LogP contribution in [0.5, 0.6) is 5.75 Å². The number of rotatable bonds is 5. The molecule has 0 N–H and O–H groups in total. The van der Waals surface area contributed by atoms with Gasteiger partial charge in [-0.3, -0.25) is 0 Å². The van der Waals surface area contributed by atoms with E-state index in [4.69, 9.17) is 12.6 Å². The van der Waals surface area contributed by atoms with Crippen molar-refractivity contribution in [1.82, 2.24) is 0 Å². The van der Waals surface area contributed by atoms with Crippen LogP contribution in [0.1, 0.15) is 95.0 Å². The third kappa shape index (κ3) is 5.33. The van der Waals surface area contributed by atoms with Crippen LogP contribution in [0.15, 0.2) is 24.3 Å². The highest BCUT2D eigenvalue weighted by molar-refractivity contribution is 6.11. The second kappa shape index (κ2) is 9.53. The summed E-state index contributed by atoms with van der Waals surface area (Å²) in [5.74, 6) is 5.02. The zero-order chi connectivity index (χ0) is 18.5. The Morgan fingerprint density at radius 2 is 1.33 bits per heavy atom. The van der Waals surface area contributed by atoms with Gasteiger partial charge in [0, 0.05) is 0 Å². The van der Waals surface area contributed by atoms with E-state index in [1.807, 2.05) is 0 Å². The summed E-state index contributed by atoms with van der Waals surface area (Å²) in [6, 6.07) is 8.96. The van der Waals surface area contributed by atoms with Crippen LogP contribution in [0.3, 0.4) is 0 Å². The van der Waals surface area contributed by atoms with Crippen molar-refractivity contribution in [1.29, 1.82) is 0 Å². The van der Waals surface area contributed by atoms with Crippen molar-refractivity contribution in [3.05, 3.63) is 29.8 Å². The zero-order valence-corrected chi connectivity index (χ0v) is 17.1. The third-order valence-electron chi connectivity index (χ3n) is 7.82. The Hall–Kier alpha value is -0.915. The predicted octanol–water partition coefficient (Wildman–Crippen LogP) is 7.07. The number of benzene rings is 1. The molecule has 3 aliphatic carbocycles. The Balaban J connectivity index is 1.19. The van der Waals surface area contributed by atoms with Crippen LogP contribution >= 0.6 is 0 Å². The van der Waals surface area contributed by atoms with E-state index in [2.05, 4.69) is 24.3 Å². The molecule has 4 rings (SSSR count). The molecule has 0 saturated heterocycles. The Bertz CT molecular complexity index is 546. The van der Waals surface area contributed by atoms with Gasteiger partial charge in [-0.2, -0.15) is 0 Å². The van der Waals surface area contributed by atoms with Gasteiger partial charge in [-0.05, 0) is 79.9 Å². The van der Waals surface area contributed by atoms with Gasteiger partial charge in [-0.1, -0.05) is 62.9 Å². The van der Waals surface area contributed by atoms with E-state index in [0.29, 0.717) is 11.7 Å². The molecule has 2 heteroatoms. The average Bonchev–Trinajstić information content (AvgIpc) is 2.74. The van der Waals surface area contributed by atoms with Gasteiger partial charge in [-0.15, -0.1) is 0 Å². The standard InChI is InChI=1S/C25H37BO/c26-24-14-10-22(11-15-24)23-12-16-25(17-13-23)27-18-19-6-8-21(9-7-19)20-4-2-1-3-5-20/h12-13,16-17,19-22,24H,1-11,14-15,18H2. The highest BCUT2D eigenvalue weighted by atomic mass is 16.5. The fraction of sp³-hybridized carbons (Fsp3) is 0.760. The molecule has 0 unspecified atom stereocenters. The smallest absolute Gasteiger partial charge is 0.119 e. The van der Waals surface area contributed by atoms with Crippen LogP contribution in [0, 0.1) is 17.8 Å². The first-order valence-electron chi connectivity index (χ1n) is 11.8. The lowest BCUT2D eigenvalue weighted by atomic mass is 9.70. The van der Waals surface area contributed by atoms with Crippen LogP contribution in [0.25, 0.3) is 0 Å². The molecule has 3 fully saturated rings. The van der Waals surface area contributed by atoms with Gasteiger partial charge < -0.3 is 4.74 Å². The topological polar surface area (TPSA) is 9.23 Å². The molecule has 0 aliphatic heterocycles. The second-order valence-corrected chi connectivity index (χ2v) is 9.67. The Labute approximate surface area is 168 Å². The lowest BCUT2D eigenvalue weighted by Crippen LogP contribution is -2.26. The quantitative estimate of drug-likeness (QED) is 0.508. The summed E-state index contributed by atoms with van der Waals surface area (Å²) < 4.78 is 6.17. The van der Waals surface area contributed by atoms with Crippen molar-refractivity contribution >= 4 is 7.85 Å². The molecule has 0 spiro atoms. The van der Waals surface area contributed by atoms with Crippen molar-refractivity contribution in [2.75, 3.05) is 6.61 Å². The first kappa shape index (κ1) is 19.4. The van der Waals surface area contributed by atoms with E-state index < -0.39 is 0 Å². The van der Waals surface area contributed by atoms with Gasteiger partial charge in [0.25, 0.3) is 0 Å². The van der Waals surface area contributed by atoms with Crippen molar-refractivity contribution in [3.63, 3.8) is 0 Å². The normalized spacial score (nSPS) is 32.9. The van der Waals surface area contributed by atoms with Gasteiger partial charge in [0.15, 0.2) is 0 Å². The minimum absolute atomic E-state index is 0.428. The van der Waals surface area contributed by atoms with Gasteiger partial charge in [0.05, 0.1) is 14.5 Å². The minimum Gasteiger partial charge on any atom is -0.493 e. The summed E-state index contributed by atoms with van der Waals surface area (Å²) in [5, 5.41) is 0. The fourth-order valence-electron chi connectivity index (χ4n) is 5.93. The molecule has 1 nitrogen and oxygen atoms in total. The van der Waals surface area contributed by atoms with Crippen LogP contribution < -0.4 is 4.74 Å². The van der Waals surface area contributed by atoms with E-state index in [1.54, 1.807) is 0 Å². The van der Waals surface area contributed by atoms with Gasteiger partial charge in [0.2, 0.25) is 0 Å². The highest BCUT2D eigenvalue weighted by Gasteiger charge is 2.28. The summed E-state index contributed by atoms with van der Waals surface area (Å²) in [7, 11) is 6.04. The SMILES string of the molecule is [B]C1CCC(c2ccc(OCC3CCC(C4CCCCC4)CC3)cc2)CC1. The predicted molar refractivity (Wildman–Crippen MR) is 115 cm³/mol. The number of ether oxygens (including phenoxy) is 1. The maximum Gasteiger partial charge on any atom is 0.119 e. The van der Waals surface area contributed by atoms with Crippen molar-refractivity contribution in [3.8, 4) is 5.75 Å². The molecule has 3 saturated carbocycles. The monoisotopic (exact) mass is 364 g/mol. The Kier molecular flexibility index (Phi) is 6.85. The zero-order valence-electron chi connectivity index (χ0n) is 17.1. The molecule has 0 bridgehead atoms. The summed E-state index contributed by atoms with van der Waals surface area (Å²) in [4.78, 5) is 0.